The van der Waals surface area contributed by atoms with Crippen LogP contribution in [0.5, 0.6) is 0 Å². The second-order valence-corrected chi connectivity index (χ2v) is 3.91. The number of hydrogen-bond acceptors (Lipinski definition) is 2. The van der Waals surface area contributed by atoms with Crippen LogP contribution in [0.3, 0.4) is 0 Å². The van der Waals surface area contributed by atoms with E-state index < -0.39 is 0 Å². The first-order valence-corrected chi connectivity index (χ1v) is 5.30. The van der Waals surface area contributed by atoms with Crippen LogP contribution in [0.2, 0.25) is 0 Å². The van der Waals surface area contributed by atoms with Crippen LogP contribution in [-0.2, 0) is 19.4 Å². The van der Waals surface area contributed by atoms with Gasteiger partial charge in [0.05, 0.1) is 0 Å². The summed E-state index contributed by atoms with van der Waals surface area (Å²) < 4.78 is 1.37. The molecule has 0 amide bonds. The van der Waals surface area contributed by atoms with Crippen molar-refractivity contribution in [1.82, 2.24) is 5.32 Å². The Morgan fingerprint density at radius 2 is 1.92 bits per heavy atom. The average molecular weight is 353 g/mol. The van der Waals surface area contributed by atoms with Gasteiger partial charge in [-0.3, -0.25) is 0 Å². The number of rotatable bonds is 3. The summed E-state index contributed by atoms with van der Waals surface area (Å²) in [6.07, 6.45) is 2.42. The Morgan fingerprint density at radius 3 is 2.15 bits per heavy atom. The molecule has 0 radical (unpaired) electrons. The van der Waals surface area contributed by atoms with E-state index in [1.54, 1.807) is 0 Å². The minimum absolute atomic E-state index is 0. The summed E-state index contributed by atoms with van der Waals surface area (Å²) in [6, 6.07) is 0. The predicted octanol–water partition coefficient (Wildman–Crippen LogP) is 1.99. The number of aliphatic imine (C=N–C) groups is 1. The summed E-state index contributed by atoms with van der Waals surface area (Å²) in [5, 5.41) is 2.75. The van der Waals surface area contributed by atoms with Crippen LogP contribution in [0.4, 0.5) is 0 Å². The van der Waals surface area contributed by atoms with Gasteiger partial charge in [-0.25, -0.2) is 0 Å². The summed E-state index contributed by atoms with van der Waals surface area (Å²) >= 11 is 1.48. The van der Waals surface area contributed by atoms with Crippen LogP contribution in [0.1, 0.15) is 27.7 Å². The van der Waals surface area contributed by atoms with Crippen molar-refractivity contribution in [2.75, 3.05) is 14.1 Å². The third kappa shape index (κ3) is 14.7. The van der Waals surface area contributed by atoms with E-state index in [0.29, 0.717) is 0 Å². The van der Waals surface area contributed by atoms with Crippen LogP contribution in [0, 0.1) is 6.58 Å². The van der Waals surface area contributed by atoms with E-state index in [4.69, 9.17) is 6.58 Å². The fraction of sp³-hybridized carbons (Fsp3) is 0.600. The fourth-order valence-electron chi connectivity index (χ4n) is 0.440. The number of nitrogens with one attached hydrogen (secondary N) is 1. The van der Waals surface area contributed by atoms with Gasteiger partial charge in [0.1, 0.15) is 0 Å². The van der Waals surface area contributed by atoms with Crippen molar-refractivity contribution in [3.63, 3.8) is 0 Å². The van der Waals surface area contributed by atoms with Gasteiger partial charge in [0, 0.05) is 0 Å². The molecule has 0 aliphatic rings. The van der Waals surface area contributed by atoms with Gasteiger partial charge in [0.25, 0.3) is 0 Å². The summed E-state index contributed by atoms with van der Waals surface area (Å²) in [5.74, 6) is 0. The van der Waals surface area contributed by atoms with Crippen molar-refractivity contribution in [3.8, 4) is 0 Å². The van der Waals surface area contributed by atoms with Gasteiger partial charge in [-0.2, -0.15) is 0 Å². The molecule has 0 saturated carbocycles. The van der Waals surface area contributed by atoms with Crippen molar-refractivity contribution >= 4 is 9.61 Å². The molecule has 78 valence electrons. The van der Waals surface area contributed by atoms with E-state index in [1.165, 1.54) is 29.5 Å². The van der Waals surface area contributed by atoms with Gasteiger partial charge in [0.2, 0.25) is 0 Å². The SMILES string of the molecule is C.CNC.[CH-]=CN=C(C)[C](=[W])CC. The molecule has 0 saturated heterocycles. The van der Waals surface area contributed by atoms with E-state index in [-0.39, 0.29) is 7.43 Å². The third-order valence-electron chi connectivity index (χ3n) is 0.993. The molecule has 1 N–H and O–H groups in total. The summed E-state index contributed by atoms with van der Waals surface area (Å²) in [6.45, 7) is 9.21. The van der Waals surface area contributed by atoms with Crippen molar-refractivity contribution < 1.29 is 19.4 Å². The molecule has 0 rings (SSSR count). The molecule has 0 aromatic carbocycles. The molecule has 0 unspecified atom stereocenters. The molecule has 0 atom stereocenters. The summed E-state index contributed by atoms with van der Waals surface area (Å²) in [7, 11) is 3.75. The van der Waals surface area contributed by atoms with Crippen LogP contribution in [0.25, 0.3) is 0 Å². The van der Waals surface area contributed by atoms with Crippen molar-refractivity contribution in [2.24, 2.45) is 4.99 Å². The van der Waals surface area contributed by atoms with Gasteiger partial charge < -0.3 is 5.32 Å². The molecule has 0 fully saturated rings. The molecule has 3 heteroatoms. The standard InChI is InChI=1S/C7H10N.C2H7N.CH4.W/c1-4-6-7(3)8-5-2;1-3-2;;/h2,5H,4H2,1,3H3;3H,1-2H3;1H4;/q-1;;;. The zero-order chi connectivity index (χ0) is 9.98. The molecule has 0 spiro atoms. The second kappa shape index (κ2) is 14.5. The minimum atomic E-state index is 0. The Hall–Kier alpha value is -0.0717. The number of nitrogens with zero attached hydrogens (tertiary/aromatic N) is 1. The second-order valence-electron chi connectivity index (χ2n) is 2.14. The molecule has 0 aliphatic heterocycles. The normalized spacial score (nSPS) is 9.08. The van der Waals surface area contributed by atoms with E-state index >= 15 is 0 Å². The van der Waals surface area contributed by atoms with Crippen molar-refractivity contribution in [1.29, 1.82) is 0 Å². The first kappa shape index (κ1) is 18.7. The molecule has 0 aliphatic carbocycles. The van der Waals surface area contributed by atoms with E-state index in [1.807, 2.05) is 21.0 Å². The number of hydrogen-bond donors (Lipinski definition) is 1. The molecule has 0 aromatic heterocycles. The van der Waals surface area contributed by atoms with Gasteiger partial charge in [0.15, 0.2) is 0 Å². The molecular formula is C10H21N2W-. The van der Waals surface area contributed by atoms with E-state index in [0.717, 1.165) is 12.1 Å². The van der Waals surface area contributed by atoms with Crippen molar-refractivity contribution in [2.45, 2.75) is 27.7 Å². The van der Waals surface area contributed by atoms with Crippen molar-refractivity contribution in [3.05, 3.63) is 12.8 Å². The van der Waals surface area contributed by atoms with Gasteiger partial charge in [-0.15, -0.1) is 0 Å². The first-order chi connectivity index (χ1) is 5.63. The maximum absolute atomic E-state index is 5.11. The Bertz CT molecular complexity index is 162. The third-order valence-corrected chi connectivity index (χ3v) is 3.09. The fourth-order valence-corrected chi connectivity index (χ4v) is 0.629. The van der Waals surface area contributed by atoms with Gasteiger partial charge in [-0.1, -0.05) is 7.43 Å². The van der Waals surface area contributed by atoms with E-state index in [2.05, 4.69) is 17.2 Å². The monoisotopic (exact) mass is 353 g/mol. The molecule has 0 heterocycles. The average Bonchev–Trinajstić information content (AvgIpc) is 2.05. The van der Waals surface area contributed by atoms with E-state index in [9.17, 15) is 0 Å². The van der Waals surface area contributed by atoms with Crippen LogP contribution in [-0.4, -0.2) is 23.7 Å². The molecule has 0 aromatic rings. The zero-order valence-electron chi connectivity index (χ0n) is 8.22. The molecular weight excluding hydrogens is 332 g/mol. The Morgan fingerprint density at radius 1 is 1.54 bits per heavy atom. The Labute approximate surface area is 93.9 Å². The quantitative estimate of drug-likeness (QED) is 0.609. The maximum atomic E-state index is 5.11. The van der Waals surface area contributed by atoms with Crippen LogP contribution < -0.4 is 5.32 Å². The molecule has 2 nitrogen and oxygen atoms in total. The topological polar surface area (TPSA) is 24.4 Å². The summed E-state index contributed by atoms with van der Waals surface area (Å²) in [4.78, 5) is 3.95. The van der Waals surface area contributed by atoms with Crippen LogP contribution >= 0.6 is 0 Å². The Kier molecular flexibility index (Phi) is 20.7. The van der Waals surface area contributed by atoms with Gasteiger partial charge in [-0.05, 0) is 14.1 Å². The first-order valence-electron chi connectivity index (χ1n) is 3.83. The molecule has 0 bridgehead atoms. The van der Waals surface area contributed by atoms with Crippen LogP contribution in [0.15, 0.2) is 11.2 Å². The zero-order valence-corrected chi connectivity index (χ0v) is 11.2. The Balaban J connectivity index is -0.000000220. The predicted molar refractivity (Wildman–Crippen MR) is 59.0 cm³/mol. The summed E-state index contributed by atoms with van der Waals surface area (Å²) in [5.41, 5.74) is 1.06. The molecule has 13 heavy (non-hydrogen) atoms. The van der Waals surface area contributed by atoms with Gasteiger partial charge >= 0.3 is 67.0 Å².